The van der Waals surface area contributed by atoms with Gasteiger partial charge in [0.2, 0.25) is 11.8 Å². The molecule has 0 aromatic heterocycles. The van der Waals surface area contributed by atoms with E-state index in [1.165, 1.54) is 0 Å². The van der Waals surface area contributed by atoms with Crippen LogP contribution in [0, 0.1) is 0 Å². The van der Waals surface area contributed by atoms with Crippen LogP contribution in [0.25, 0.3) is 5.57 Å². The van der Waals surface area contributed by atoms with Gasteiger partial charge in [0.1, 0.15) is 0 Å². The molecule has 0 atom stereocenters. The zero-order valence-corrected chi connectivity index (χ0v) is 14.1. The molecule has 2 N–H and O–H groups in total. The van der Waals surface area contributed by atoms with Crippen molar-refractivity contribution in [3.05, 3.63) is 40.9 Å². The molecule has 0 radical (unpaired) electrons. The summed E-state index contributed by atoms with van der Waals surface area (Å²) in [5.41, 5.74) is 6.94. The van der Waals surface area contributed by atoms with Crippen LogP contribution in [0.2, 0.25) is 5.02 Å². The number of amides is 2. The van der Waals surface area contributed by atoms with Crippen LogP contribution in [0.1, 0.15) is 18.9 Å². The normalized spacial score (nSPS) is 17.0. The largest absolute Gasteiger partial charge is 0.369 e. The van der Waals surface area contributed by atoms with Gasteiger partial charge in [-0.05, 0) is 30.5 Å². The third kappa shape index (κ3) is 5.08. The van der Waals surface area contributed by atoms with Crippen LogP contribution in [0.5, 0.6) is 0 Å². The molecule has 124 valence electrons. The van der Waals surface area contributed by atoms with E-state index >= 15 is 0 Å². The van der Waals surface area contributed by atoms with Crippen molar-refractivity contribution in [2.75, 3.05) is 32.7 Å². The molecule has 1 aliphatic heterocycles. The van der Waals surface area contributed by atoms with Crippen molar-refractivity contribution in [3.63, 3.8) is 0 Å². The number of nitrogens with two attached hydrogens (primary N) is 1. The third-order valence-electron chi connectivity index (χ3n) is 3.92. The first-order valence-corrected chi connectivity index (χ1v) is 8.08. The lowest BCUT2D eigenvalue weighted by molar-refractivity contribution is -0.125. The molecule has 5 nitrogen and oxygen atoms in total. The molecule has 1 fully saturated rings. The van der Waals surface area contributed by atoms with E-state index in [1.807, 2.05) is 36.1 Å². The van der Waals surface area contributed by atoms with E-state index in [1.54, 1.807) is 11.0 Å². The topological polar surface area (TPSA) is 66.6 Å². The Labute approximate surface area is 141 Å². The molecular weight excluding hydrogens is 314 g/mol. The van der Waals surface area contributed by atoms with Gasteiger partial charge >= 0.3 is 0 Å². The number of rotatable bonds is 4. The van der Waals surface area contributed by atoms with Gasteiger partial charge in [-0.1, -0.05) is 29.8 Å². The molecule has 0 bridgehead atoms. The highest BCUT2D eigenvalue weighted by atomic mass is 35.5. The Bertz CT molecular complexity index is 616. The van der Waals surface area contributed by atoms with Crippen molar-refractivity contribution in [1.29, 1.82) is 0 Å². The second-order valence-corrected chi connectivity index (χ2v) is 6.14. The summed E-state index contributed by atoms with van der Waals surface area (Å²) in [5, 5.41) is 0.637. The predicted octanol–water partition coefficient (Wildman–Crippen LogP) is 1.76. The molecule has 0 unspecified atom stereocenters. The number of carbonyl (C=O) groups excluding carboxylic acids is 2. The minimum atomic E-state index is -0.334. The highest BCUT2D eigenvalue weighted by molar-refractivity contribution is 6.32. The maximum atomic E-state index is 12.5. The first-order valence-electron chi connectivity index (χ1n) is 7.70. The summed E-state index contributed by atoms with van der Waals surface area (Å²) in [7, 11) is 0. The second-order valence-electron chi connectivity index (χ2n) is 5.73. The maximum Gasteiger partial charge on any atom is 0.246 e. The lowest BCUT2D eigenvalue weighted by atomic mass is 10.1. The standard InChI is InChI=1S/C17H22ClN3O2/c1-13(14-5-2-3-6-15(14)18)11-17(23)21-8-4-7-20(9-10-21)12-16(19)22/h2-3,5-6,11H,4,7-10,12H2,1H3,(H2,19,22)/b13-11+. The summed E-state index contributed by atoms with van der Waals surface area (Å²) in [4.78, 5) is 27.3. The SMILES string of the molecule is C/C(=C\C(=O)N1CCCN(CC(N)=O)CC1)c1ccccc1Cl. The highest BCUT2D eigenvalue weighted by Gasteiger charge is 2.19. The first-order chi connectivity index (χ1) is 11.0. The highest BCUT2D eigenvalue weighted by Crippen LogP contribution is 2.23. The zero-order valence-electron chi connectivity index (χ0n) is 13.3. The number of allylic oxidation sites excluding steroid dienone is 1. The van der Waals surface area contributed by atoms with Crippen molar-refractivity contribution >= 4 is 29.0 Å². The molecule has 1 aliphatic rings. The van der Waals surface area contributed by atoms with E-state index in [0.717, 1.165) is 24.1 Å². The molecular formula is C17H22ClN3O2. The Balaban J connectivity index is 2.01. The van der Waals surface area contributed by atoms with Gasteiger partial charge in [-0.2, -0.15) is 0 Å². The summed E-state index contributed by atoms with van der Waals surface area (Å²) in [6.07, 6.45) is 2.46. The van der Waals surface area contributed by atoms with Gasteiger partial charge in [-0.25, -0.2) is 0 Å². The van der Waals surface area contributed by atoms with Crippen LogP contribution in [0.4, 0.5) is 0 Å². The van der Waals surface area contributed by atoms with E-state index in [4.69, 9.17) is 17.3 Å². The van der Waals surface area contributed by atoms with Crippen molar-refractivity contribution in [1.82, 2.24) is 9.80 Å². The molecule has 0 saturated carbocycles. The minimum absolute atomic E-state index is 0.0247. The monoisotopic (exact) mass is 335 g/mol. The van der Waals surface area contributed by atoms with Crippen molar-refractivity contribution in [2.24, 2.45) is 5.73 Å². The number of hydrogen-bond donors (Lipinski definition) is 1. The molecule has 2 rings (SSSR count). The Kier molecular flexibility index (Phi) is 6.19. The van der Waals surface area contributed by atoms with Crippen LogP contribution in [-0.4, -0.2) is 54.3 Å². The number of benzene rings is 1. The summed E-state index contributed by atoms with van der Waals surface area (Å²) in [6.45, 7) is 4.85. The van der Waals surface area contributed by atoms with Crippen molar-refractivity contribution in [3.8, 4) is 0 Å². The van der Waals surface area contributed by atoms with Crippen LogP contribution < -0.4 is 5.73 Å². The van der Waals surface area contributed by atoms with Gasteiger partial charge < -0.3 is 10.6 Å². The fraction of sp³-hybridized carbons (Fsp3) is 0.412. The smallest absolute Gasteiger partial charge is 0.246 e. The Morgan fingerprint density at radius 2 is 1.96 bits per heavy atom. The van der Waals surface area contributed by atoms with E-state index in [0.29, 0.717) is 24.7 Å². The second kappa shape index (κ2) is 8.13. The van der Waals surface area contributed by atoms with Gasteiger partial charge in [0.05, 0.1) is 6.54 Å². The summed E-state index contributed by atoms with van der Waals surface area (Å²) < 4.78 is 0. The maximum absolute atomic E-state index is 12.5. The molecule has 1 aromatic carbocycles. The lowest BCUT2D eigenvalue weighted by Gasteiger charge is -2.20. The van der Waals surface area contributed by atoms with Crippen LogP contribution >= 0.6 is 11.6 Å². The van der Waals surface area contributed by atoms with Gasteiger partial charge in [-0.15, -0.1) is 0 Å². The summed E-state index contributed by atoms with van der Waals surface area (Å²) in [6, 6.07) is 7.48. The van der Waals surface area contributed by atoms with Crippen LogP contribution in [-0.2, 0) is 9.59 Å². The average molecular weight is 336 g/mol. The van der Waals surface area contributed by atoms with Gasteiger partial charge in [0.15, 0.2) is 0 Å². The van der Waals surface area contributed by atoms with E-state index in [9.17, 15) is 9.59 Å². The van der Waals surface area contributed by atoms with Gasteiger partial charge in [0, 0.05) is 37.3 Å². The molecule has 1 aromatic rings. The lowest BCUT2D eigenvalue weighted by Crippen LogP contribution is -2.37. The average Bonchev–Trinajstić information content (AvgIpc) is 2.72. The van der Waals surface area contributed by atoms with Crippen molar-refractivity contribution < 1.29 is 9.59 Å². The Morgan fingerprint density at radius 1 is 1.22 bits per heavy atom. The van der Waals surface area contributed by atoms with Gasteiger partial charge in [0.25, 0.3) is 0 Å². The third-order valence-corrected chi connectivity index (χ3v) is 4.25. The van der Waals surface area contributed by atoms with Crippen LogP contribution in [0.15, 0.2) is 30.3 Å². The molecule has 0 spiro atoms. The Hall–Kier alpha value is -1.85. The summed E-state index contributed by atoms with van der Waals surface area (Å²) in [5.74, 6) is -0.359. The quantitative estimate of drug-likeness (QED) is 0.853. The fourth-order valence-corrected chi connectivity index (χ4v) is 2.99. The first kappa shape index (κ1) is 17.5. The van der Waals surface area contributed by atoms with E-state index < -0.39 is 0 Å². The van der Waals surface area contributed by atoms with Gasteiger partial charge in [-0.3, -0.25) is 14.5 Å². The minimum Gasteiger partial charge on any atom is -0.369 e. The predicted molar refractivity (Wildman–Crippen MR) is 91.9 cm³/mol. The number of halogens is 1. The molecule has 6 heteroatoms. The molecule has 23 heavy (non-hydrogen) atoms. The number of nitrogens with zero attached hydrogens (tertiary/aromatic N) is 2. The molecule has 1 heterocycles. The molecule has 0 aliphatic carbocycles. The number of primary amides is 1. The van der Waals surface area contributed by atoms with E-state index in [2.05, 4.69) is 0 Å². The zero-order chi connectivity index (χ0) is 16.8. The van der Waals surface area contributed by atoms with Crippen molar-refractivity contribution in [2.45, 2.75) is 13.3 Å². The molecule has 2 amide bonds. The molecule has 1 saturated heterocycles. The number of carbonyl (C=O) groups is 2. The van der Waals surface area contributed by atoms with Crippen LogP contribution in [0.3, 0.4) is 0 Å². The summed E-state index contributed by atoms with van der Waals surface area (Å²) >= 11 is 6.17. The fourth-order valence-electron chi connectivity index (χ4n) is 2.71. The number of hydrogen-bond acceptors (Lipinski definition) is 3. The Morgan fingerprint density at radius 3 is 2.65 bits per heavy atom. The van der Waals surface area contributed by atoms with E-state index in [-0.39, 0.29) is 18.4 Å².